The van der Waals surface area contributed by atoms with Gasteiger partial charge in [-0.3, -0.25) is 0 Å². The first-order valence-corrected chi connectivity index (χ1v) is 6.82. The summed E-state index contributed by atoms with van der Waals surface area (Å²) < 4.78 is 10.9. The maximum absolute atomic E-state index is 9.67. The van der Waals surface area contributed by atoms with Crippen LogP contribution in [0.5, 0.6) is 0 Å². The molecule has 4 nitrogen and oxygen atoms in total. The fourth-order valence-corrected chi connectivity index (χ4v) is 2.00. The monoisotopic (exact) mass is 245 g/mol. The molecule has 0 radical (unpaired) electrons. The molecule has 3 atom stereocenters. The molecular formula is C13H27NO3. The average Bonchev–Trinajstić information content (AvgIpc) is 2.71. The normalized spacial score (nSPS) is 26.3. The van der Waals surface area contributed by atoms with Crippen LogP contribution in [0.2, 0.25) is 0 Å². The van der Waals surface area contributed by atoms with E-state index in [0.29, 0.717) is 25.2 Å². The largest absolute Gasteiger partial charge is 0.389 e. The maximum atomic E-state index is 9.67. The first-order valence-electron chi connectivity index (χ1n) is 6.82. The second-order valence-electron chi connectivity index (χ2n) is 4.87. The van der Waals surface area contributed by atoms with Crippen molar-refractivity contribution in [3.63, 3.8) is 0 Å². The predicted molar refractivity (Wildman–Crippen MR) is 68.1 cm³/mol. The van der Waals surface area contributed by atoms with Crippen molar-refractivity contribution in [2.75, 3.05) is 32.9 Å². The summed E-state index contributed by atoms with van der Waals surface area (Å²) in [5, 5.41) is 13.0. The molecule has 1 saturated heterocycles. The van der Waals surface area contributed by atoms with Crippen molar-refractivity contribution in [1.29, 1.82) is 0 Å². The van der Waals surface area contributed by atoms with E-state index in [1.807, 2.05) is 0 Å². The van der Waals surface area contributed by atoms with Crippen molar-refractivity contribution in [3.05, 3.63) is 0 Å². The van der Waals surface area contributed by atoms with Crippen LogP contribution in [0.1, 0.15) is 33.1 Å². The zero-order valence-corrected chi connectivity index (χ0v) is 11.2. The highest BCUT2D eigenvalue weighted by Crippen LogP contribution is 2.19. The van der Waals surface area contributed by atoms with Crippen molar-refractivity contribution >= 4 is 0 Å². The van der Waals surface area contributed by atoms with E-state index in [4.69, 9.17) is 9.47 Å². The molecule has 0 aromatic heterocycles. The first kappa shape index (κ1) is 14.9. The highest BCUT2D eigenvalue weighted by atomic mass is 16.5. The number of unbranched alkanes of at least 4 members (excludes halogenated alkanes) is 1. The van der Waals surface area contributed by atoms with Gasteiger partial charge in [0.25, 0.3) is 0 Å². The van der Waals surface area contributed by atoms with Gasteiger partial charge in [0, 0.05) is 26.3 Å². The fraction of sp³-hybridized carbons (Fsp3) is 1.00. The summed E-state index contributed by atoms with van der Waals surface area (Å²) in [6, 6.07) is 0. The van der Waals surface area contributed by atoms with E-state index >= 15 is 0 Å². The molecular weight excluding hydrogens is 218 g/mol. The molecule has 0 aliphatic carbocycles. The Labute approximate surface area is 105 Å². The minimum absolute atomic E-state index is 0.348. The van der Waals surface area contributed by atoms with E-state index in [1.54, 1.807) is 0 Å². The van der Waals surface area contributed by atoms with Crippen LogP contribution in [0.3, 0.4) is 0 Å². The smallest absolute Gasteiger partial charge is 0.0897 e. The van der Waals surface area contributed by atoms with Gasteiger partial charge < -0.3 is 19.9 Å². The van der Waals surface area contributed by atoms with Crippen molar-refractivity contribution < 1.29 is 14.6 Å². The quantitative estimate of drug-likeness (QED) is 0.599. The Balaban J connectivity index is 1.94. The number of aliphatic hydroxyl groups is 1. The maximum Gasteiger partial charge on any atom is 0.0897 e. The minimum atomic E-state index is -0.399. The van der Waals surface area contributed by atoms with E-state index in [9.17, 15) is 5.11 Å². The fourth-order valence-electron chi connectivity index (χ4n) is 2.00. The summed E-state index contributed by atoms with van der Waals surface area (Å²) in [6.45, 7) is 7.83. The van der Waals surface area contributed by atoms with E-state index in [0.717, 1.165) is 39.0 Å². The predicted octanol–water partition coefficient (Wildman–Crippen LogP) is 1.18. The SMILES string of the molecule is CCCCOCC(O)CNCC1CCOC1C. The van der Waals surface area contributed by atoms with E-state index in [2.05, 4.69) is 19.2 Å². The van der Waals surface area contributed by atoms with Gasteiger partial charge in [-0.1, -0.05) is 13.3 Å². The lowest BCUT2D eigenvalue weighted by molar-refractivity contribution is 0.0348. The summed E-state index contributed by atoms with van der Waals surface area (Å²) in [6.07, 6.45) is 3.27. The molecule has 1 rings (SSSR count). The van der Waals surface area contributed by atoms with Gasteiger partial charge in [0.1, 0.15) is 0 Å². The molecule has 102 valence electrons. The van der Waals surface area contributed by atoms with Crippen LogP contribution in [-0.2, 0) is 9.47 Å². The lowest BCUT2D eigenvalue weighted by atomic mass is 10.0. The third-order valence-electron chi connectivity index (χ3n) is 3.27. The number of rotatable bonds is 9. The third-order valence-corrected chi connectivity index (χ3v) is 3.27. The molecule has 0 saturated carbocycles. The Hall–Kier alpha value is -0.160. The summed E-state index contributed by atoms with van der Waals surface area (Å²) >= 11 is 0. The first-order chi connectivity index (χ1) is 8.24. The molecule has 1 fully saturated rings. The molecule has 0 aromatic carbocycles. The topological polar surface area (TPSA) is 50.7 Å². The van der Waals surface area contributed by atoms with Gasteiger partial charge in [-0.15, -0.1) is 0 Å². The lowest BCUT2D eigenvalue weighted by Gasteiger charge is -2.17. The van der Waals surface area contributed by atoms with Crippen molar-refractivity contribution in [1.82, 2.24) is 5.32 Å². The Kier molecular flexibility index (Phi) is 7.77. The van der Waals surface area contributed by atoms with Gasteiger partial charge in [-0.25, -0.2) is 0 Å². The summed E-state index contributed by atoms with van der Waals surface area (Å²) in [5.41, 5.74) is 0. The summed E-state index contributed by atoms with van der Waals surface area (Å²) in [7, 11) is 0. The van der Waals surface area contributed by atoms with Crippen molar-refractivity contribution in [2.45, 2.75) is 45.3 Å². The molecule has 1 heterocycles. The summed E-state index contributed by atoms with van der Waals surface area (Å²) in [5.74, 6) is 0.586. The second-order valence-corrected chi connectivity index (χ2v) is 4.87. The molecule has 0 spiro atoms. The van der Waals surface area contributed by atoms with Gasteiger partial charge in [-0.05, 0) is 25.7 Å². The number of ether oxygens (including phenoxy) is 2. The van der Waals surface area contributed by atoms with Gasteiger partial charge in [0.15, 0.2) is 0 Å². The second kappa shape index (κ2) is 8.86. The highest BCUT2D eigenvalue weighted by molar-refractivity contribution is 4.75. The van der Waals surface area contributed by atoms with Crippen LogP contribution in [0.25, 0.3) is 0 Å². The Morgan fingerprint density at radius 3 is 3.00 bits per heavy atom. The van der Waals surface area contributed by atoms with Gasteiger partial charge in [-0.2, -0.15) is 0 Å². The molecule has 3 unspecified atom stereocenters. The third kappa shape index (κ3) is 6.36. The zero-order valence-electron chi connectivity index (χ0n) is 11.2. The van der Waals surface area contributed by atoms with Crippen LogP contribution < -0.4 is 5.32 Å². The zero-order chi connectivity index (χ0) is 12.5. The molecule has 0 amide bonds. The van der Waals surface area contributed by atoms with Gasteiger partial charge in [0.05, 0.1) is 18.8 Å². The number of nitrogens with one attached hydrogen (secondary N) is 1. The van der Waals surface area contributed by atoms with Crippen LogP contribution in [0.4, 0.5) is 0 Å². The van der Waals surface area contributed by atoms with E-state index in [1.165, 1.54) is 0 Å². The Bertz CT molecular complexity index is 190. The number of hydrogen-bond donors (Lipinski definition) is 2. The Morgan fingerprint density at radius 1 is 1.53 bits per heavy atom. The molecule has 1 aliphatic rings. The molecule has 4 heteroatoms. The lowest BCUT2D eigenvalue weighted by Crippen LogP contribution is -2.35. The van der Waals surface area contributed by atoms with Crippen LogP contribution >= 0.6 is 0 Å². The van der Waals surface area contributed by atoms with E-state index < -0.39 is 6.10 Å². The average molecular weight is 245 g/mol. The van der Waals surface area contributed by atoms with Gasteiger partial charge in [0.2, 0.25) is 0 Å². The summed E-state index contributed by atoms with van der Waals surface area (Å²) in [4.78, 5) is 0. The number of hydrogen-bond acceptors (Lipinski definition) is 4. The standard InChI is InChI=1S/C13H27NO3/c1-3-4-6-16-10-13(15)9-14-8-12-5-7-17-11(12)2/h11-15H,3-10H2,1-2H3. The molecule has 1 aliphatic heterocycles. The van der Waals surface area contributed by atoms with Crippen molar-refractivity contribution in [3.8, 4) is 0 Å². The highest BCUT2D eigenvalue weighted by Gasteiger charge is 2.23. The molecule has 0 aromatic rings. The molecule has 17 heavy (non-hydrogen) atoms. The van der Waals surface area contributed by atoms with Crippen molar-refractivity contribution in [2.24, 2.45) is 5.92 Å². The molecule has 0 bridgehead atoms. The van der Waals surface area contributed by atoms with E-state index in [-0.39, 0.29) is 0 Å². The molecule has 2 N–H and O–H groups in total. The van der Waals surface area contributed by atoms with Crippen LogP contribution in [-0.4, -0.2) is 50.2 Å². The van der Waals surface area contributed by atoms with Crippen LogP contribution in [0.15, 0.2) is 0 Å². The minimum Gasteiger partial charge on any atom is -0.389 e. The van der Waals surface area contributed by atoms with Crippen LogP contribution in [0, 0.1) is 5.92 Å². The van der Waals surface area contributed by atoms with Gasteiger partial charge >= 0.3 is 0 Å². The number of aliphatic hydroxyl groups excluding tert-OH is 1. The Morgan fingerprint density at radius 2 is 2.35 bits per heavy atom.